The highest BCUT2D eigenvalue weighted by Crippen LogP contribution is 2.26. The Morgan fingerprint density at radius 1 is 1.71 bits per heavy atom. The lowest BCUT2D eigenvalue weighted by molar-refractivity contribution is 0.0727. The van der Waals surface area contributed by atoms with E-state index in [1.54, 1.807) is 6.92 Å². The number of aryl methyl sites for hydroxylation is 1. The molecule has 0 bridgehead atoms. The van der Waals surface area contributed by atoms with Crippen molar-refractivity contribution in [1.29, 1.82) is 0 Å². The summed E-state index contributed by atoms with van der Waals surface area (Å²) in [5.74, 6) is 0.0313. The molecule has 1 saturated heterocycles. The maximum Gasteiger partial charge on any atom is 0.257 e. The first-order valence-corrected chi connectivity index (χ1v) is 5.68. The highest BCUT2D eigenvalue weighted by atomic mass is 16.5. The van der Waals surface area contributed by atoms with Crippen LogP contribution in [0.2, 0.25) is 0 Å². The van der Waals surface area contributed by atoms with Gasteiger partial charge in [-0.2, -0.15) is 5.10 Å². The second kappa shape index (κ2) is 4.03. The van der Waals surface area contributed by atoms with Gasteiger partial charge >= 0.3 is 0 Å². The van der Waals surface area contributed by atoms with Crippen LogP contribution in [0.3, 0.4) is 0 Å². The average Bonchev–Trinajstić information content (AvgIpc) is 2.72. The third-order valence-corrected chi connectivity index (χ3v) is 3.49. The Morgan fingerprint density at radius 2 is 2.41 bits per heavy atom. The van der Waals surface area contributed by atoms with Crippen LogP contribution >= 0.6 is 0 Å². The van der Waals surface area contributed by atoms with E-state index in [0.29, 0.717) is 17.9 Å². The van der Waals surface area contributed by atoms with Gasteiger partial charge in [0, 0.05) is 12.3 Å². The molecule has 17 heavy (non-hydrogen) atoms. The normalized spacial score (nSPS) is 28.3. The van der Waals surface area contributed by atoms with Gasteiger partial charge in [-0.05, 0) is 27.2 Å². The van der Waals surface area contributed by atoms with Gasteiger partial charge in [0.05, 0.1) is 11.6 Å². The molecule has 0 aliphatic carbocycles. The molecule has 1 amide bonds. The van der Waals surface area contributed by atoms with Crippen LogP contribution in [0.1, 0.15) is 36.3 Å². The molecule has 2 unspecified atom stereocenters. The molecule has 94 valence electrons. The van der Waals surface area contributed by atoms with Gasteiger partial charge < -0.3 is 15.8 Å². The number of hydrogen-bond acceptors (Lipinski definition) is 4. The molecular formula is C11H18N4O2. The van der Waals surface area contributed by atoms with E-state index < -0.39 is 0 Å². The van der Waals surface area contributed by atoms with Gasteiger partial charge in [-0.15, -0.1) is 0 Å². The number of amides is 1. The number of nitrogens with zero attached hydrogens (tertiary/aromatic N) is 1. The molecule has 2 atom stereocenters. The van der Waals surface area contributed by atoms with E-state index in [0.717, 1.165) is 6.42 Å². The second-order valence-corrected chi connectivity index (χ2v) is 4.74. The summed E-state index contributed by atoms with van der Waals surface area (Å²) < 4.78 is 5.48. The summed E-state index contributed by atoms with van der Waals surface area (Å²) in [7, 11) is 0. The van der Waals surface area contributed by atoms with Crippen LogP contribution < -0.4 is 11.1 Å². The zero-order valence-electron chi connectivity index (χ0n) is 10.3. The number of carbonyl (C=O) groups is 1. The van der Waals surface area contributed by atoms with Crippen molar-refractivity contribution in [1.82, 2.24) is 15.5 Å². The molecular weight excluding hydrogens is 220 g/mol. The largest absolute Gasteiger partial charge is 0.382 e. The fraction of sp³-hybridized carbons (Fsp3) is 0.636. The predicted molar refractivity (Wildman–Crippen MR) is 63.6 cm³/mol. The Kier molecular flexibility index (Phi) is 2.82. The van der Waals surface area contributed by atoms with E-state index in [9.17, 15) is 4.79 Å². The lowest BCUT2D eigenvalue weighted by atomic mass is 9.94. The fourth-order valence-electron chi connectivity index (χ4n) is 2.06. The summed E-state index contributed by atoms with van der Waals surface area (Å²) in [5.41, 5.74) is 6.42. The molecule has 6 heteroatoms. The first kappa shape index (κ1) is 11.9. The minimum Gasteiger partial charge on any atom is -0.382 e. The topological polar surface area (TPSA) is 93.0 Å². The zero-order valence-corrected chi connectivity index (χ0v) is 10.3. The van der Waals surface area contributed by atoms with Gasteiger partial charge in [0.1, 0.15) is 5.56 Å². The molecule has 2 heterocycles. The van der Waals surface area contributed by atoms with E-state index in [1.807, 2.05) is 13.8 Å². The number of aromatic nitrogens is 2. The summed E-state index contributed by atoms with van der Waals surface area (Å²) in [6.07, 6.45) is 0.802. The van der Waals surface area contributed by atoms with Crippen LogP contribution in [0.4, 0.5) is 5.82 Å². The number of anilines is 1. The molecule has 6 nitrogen and oxygen atoms in total. The Labute approximate surface area is 99.9 Å². The molecule has 1 aliphatic heterocycles. The second-order valence-electron chi connectivity index (χ2n) is 4.74. The van der Waals surface area contributed by atoms with Crippen molar-refractivity contribution in [3.05, 3.63) is 11.3 Å². The number of nitrogen functional groups attached to an aromatic ring is 1. The van der Waals surface area contributed by atoms with Crippen LogP contribution in [0, 0.1) is 6.92 Å². The van der Waals surface area contributed by atoms with E-state index in [-0.39, 0.29) is 23.4 Å². The molecule has 0 aromatic carbocycles. The number of rotatable bonds is 2. The Balaban J connectivity index is 2.17. The van der Waals surface area contributed by atoms with Crippen molar-refractivity contribution >= 4 is 11.7 Å². The molecule has 1 fully saturated rings. The van der Waals surface area contributed by atoms with Gasteiger partial charge in [0.2, 0.25) is 0 Å². The number of H-pyrrole nitrogens is 1. The third-order valence-electron chi connectivity index (χ3n) is 3.49. The maximum atomic E-state index is 12.1. The van der Waals surface area contributed by atoms with E-state index in [4.69, 9.17) is 10.5 Å². The summed E-state index contributed by atoms with van der Waals surface area (Å²) in [6, 6.07) is 0. The van der Waals surface area contributed by atoms with Crippen molar-refractivity contribution in [2.24, 2.45) is 0 Å². The van der Waals surface area contributed by atoms with Gasteiger partial charge in [-0.1, -0.05) is 0 Å². The highest BCUT2D eigenvalue weighted by Gasteiger charge is 2.39. The smallest absolute Gasteiger partial charge is 0.257 e. The Hall–Kier alpha value is -1.56. The highest BCUT2D eigenvalue weighted by molar-refractivity contribution is 5.99. The molecule has 2 rings (SSSR count). The monoisotopic (exact) mass is 238 g/mol. The molecule has 0 radical (unpaired) electrons. The van der Waals surface area contributed by atoms with Gasteiger partial charge in [0.25, 0.3) is 5.91 Å². The quantitative estimate of drug-likeness (QED) is 0.703. The zero-order chi connectivity index (χ0) is 12.6. The SMILES string of the molecule is Cc1[nH]nc(N)c1C(=O)NC1(C)CCOC1C. The predicted octanol–water partition coefficient (Wildman–Crippen LogP) is 0.598. The fourth-order valence-corrected chi connectivity index (χ4v) is 2.06. The number of nitrogens with one attached hydrogen (secondary N) is 2. The Bertz CT molecular complexity index is 423. The van der Waals surface area contributed by atoms with Gasteiger partial charge in [0.15, 0.2) is 5.82 Å². The summed E-state index contributed by atoms with van der Waals surface area (Å²) >= 11 is 0. The van der Waals surface area contributed by atoms with Crippen LogP contribution in [0.25, 0.3) is 0 Å². The van der Waals surface area contributed by atoms with Crippen LogP contribution in [0.15, 0.2) is 0 Å². The van der Waals surface area contributed by atoms with Crippen molar-refractivity contribution in [2.75, 3.05) is 12.3 Å². The number of ether oxygens (including phenoxy) is 1. The van der Waals surface area contributed by atoms with Crippen LogP contribution in [-0.4, -0.2) is 34.4 Å². The third kappa shape index (κ3) is 2.00. The van der Waals surface area contributed by atoms with Crippen molar-refractivity contribution in [2.45, 2.75) is 38.8 Å². The Morgan fingerprint density at radius 3 is 2.88 bits per heavy atom. The minimum atomic E-state index is -0.340. The van der Waals surface area contributed by atoms with Gasteiger partial charge in [-0.25, -0.2) is 0 Å². The molecule has 0 saturated carbocycles. The lowest BCUT2D eigenvalue weighted by Gasteiger charge is -2.28. The van der Waals surface area contributed by atoms with E-state index in [2.05, 4.69) is 15.5 Å². The number of nitrogens with two attached hydrogens (primary N) is 1. The van der Waals surface area contributed by atoms with E-state index in [1.165, 1.54) is 0 Å². The number of aromatic amines is 1. The lowest BCUT2D eigenvalue weighted by Crippen LogP contribution is -2.50. The maximum absolute atomic E-state index is 12.1. The minimum absolute atomic E-state index is 0.000110. The van der Waals surface area contributed by atoms with Crippen LogP contribution in [0.5, 0.6) is 0 Å². The molecule has 1 aromatic heterocycles. The van der Waals surface area contributed by atoms with E-state index >= 15 is 0 Å². The van der Waals surface area contributed by atoms with Crippen molar-refractivity contribution in [3.63, 3.8) is 0 Å². The van der Waals surface area contributed by atoms with Gasteiger partial charge in [-0.3, -0.25) is 9.89 Å². The molecule has 1 aromatic rings. The van der Waals surface area contributed by atoms with Crippen molar-refractivity contribution < 1.29 is 9.53 Å². The molecule has 1 aliphatic rings. The summed E-state index contributed by atoms with van der Waals surface area (Å²) in [6.45, 7) is 6.38. The standard InChI is InChI=1S/C11H18N4O2/c1-6-8(9(12)15-14-6)10(16)13-11(3)4-5-17-7(11)2/h7H,4-5H2,1-3H3,(H,13,16)(H3,12,14,15). The molecule has 4 N–H and O–H groups in total. The number of carbonyl (C=O) groups excluding carboxylic acids is 1. The van der Waals surface area contributed by atoms with Crippen molar-refractivity contribution in [3.8, 4) is 0 Å². The first-order valence-electron chi connectivity index (χ1n) is 5.68. The average molecular weight is 238 g/mol. The van der Waals surface area contributed by atoms with Crippen LogP contribution in [-0.2, 0) is 4.74 Å². The summed E-state index contributed by atoms with van der Waals surface area (Å²) in [5, 5.41) is 9.50. The molecule has 0 spiro atoms. The summed E-state index contributed by atoms with van der Waals surface area (Å²) in [4.78, 5) is 12.1. The number of hydrogen-bond donors (Lipinski definition) is 3. The first-order chi connectivity index (χ1) is 7.94.